The highest BCUT2D eigenvalue weighted by molar-refractivity contribution is 7.00. The second kappa shape index (κ2) is 13.9. The molecule has 6 aliphatic rings. The van der Waals surface area contributed by atoms with E-state index < -0.39 is 0 Å². The maximum Gasteiger partial charge on any atom is 0.252 e. The van der Waals surface area contributed by atoms with Gasteiger partial charge in [-0.15, -0.1) is 0 Å². The number of nitrogens with zero attached hydrogens (tertiary/aromatic N) is 2. The summed E-state index contributed by atoms with van der Waals surface area (Å²) >= 11 is 0. The van der Waals surface area contributed by atoms with E-state index in [2.05, 4.69) is 212 Å². The van der Waals surface area contributed by atoms with Crippen LogP contribution in [-0.4, -0.2) is 6.71 Å². The van der Waals surface area contributed by atoms with Gasteiger partial charge in [0.2, 0.25) is 0 Å². The van der Waals surface area contributed by atoms with Crippen molar-refractivity contribution in [3.05, 3.63) is 173 Å². The van der Waals surface area contributed by atoms with Gasteiger partial charge in [0.25, 0.3) is 6.71 Å². The lowest BCUT2D eigenvalue weighted by atomic mass is 9.33. The maximum atomic E-state index is 2.74. The monoisotopic (exact) mass is 859 g/mol. The van der Waals surface area contributed by atoms with Crippen LogP contribution in [0.15, 0.2) is 140 Å². The molecule has 0 bridgehead atoms. The summed E-state index contributed by atoms with van der Waals surface area (Å²) in [5, 5.41) is 0. The van der Waals surface area contributed by atoms with Crippen LogP contribution in [0.2, 0.25) is 0 Å². The molecule has 3 heteroatoms. The third-order valence-corrected chi connectivity index (χ3v) is 17.8. The smallest absolute Gasteiger partial charge is 0.252 e. The quantitative estimate of drug-likeness (QED) is 0.163. The number of hydrogen-bond donors (Lipinski definition) is 0. The van der Waals surface area contributed by atoms with Crippen molar-refractivity contribution in [1.29, 1.82) is 0 Å². The predicted molar refractivity (Wildman–Crippen MR) is 281 cm³/mol. The van der Waals surface area contributed by atoms with Crippen LogP contribution in [0.25, 0.3) is 22.3 Å². The minimum absolute atomic E-state index is 0.00184. The Balaban J connectivity index is 1.13. The second-order valence-corrected chi connectivity index (χ2v) is 23.4. The lowest BCUT2D eigenvalue weighted by Crippen LogP contribution is -2.65. The Labute approximate surface area is 394 Å². The van der Waals surface area contributed by atoms with Gasteiger partial charge < -0.3 is 9.80 Å². The number of benzene rings is 7. The fourth-order valence-electron chi connectivity index (χ4n) is 14.8. The SMILES string of the molecule is CCc1ccc2c(c1)B1c3cc(C(C)(C)C)ccc3N(c3ccc(C(C)(C)C)cc3)c3cc(C)cc(c31)N2c1ccc2c(c1-c1ccccc1)C1(c3ccccc3-2)C(C)CC2CC3CC1C23. The Morgan fingerprint density at radius 1 is 0.591 bits per heavy atom. The third-order valence-electron chi connectivity index (χ3n) is 17.8. The minimum atomic E-state index is -0.0250. The first-order chi connectivity index (χ1) is 31.8. The molecule has 0 aromatic heterocycles. The molecule has 0 amide bonds. The van der Waals surface area contributed by atoms with Crippen molar-refractivity contribution in [2.75, 3.05) is 9.80 Å². The van der Waals surface area contributed by atoms with Gasteiger partial charge in [-0.3, -0.25) is 0 Å². The van der Waals surface area contributed by atoms with Crippen molar-refractivity contribution in [3.8, 4) is 22.3 Å². The Morgan fingerprint density at radius 3 is 1.95 bits per heavy atom. The van der Waals surface area contributed by atoms with E-state index in [0.29, 0.717) is 11.8 Å². The van der Waals surface area contributed by atoms with Gasteiger partial charge in [0.15, 0.2) is 0 Å². The van der Waals surface area contributed by atoms with Crippen LogP contribution >= 0.6 is 0 Å². The van der Waals surface area contributed by atoms with E-state index in [-0.39, 0.29) is 23.0 Å². The van der Waals surface area contributed by atoms with Gasteiger partial charge in [-0.25, -0.2) is 0 Å². The van der Waals surface area contributed by atoms with E-state index in [1.165, 1.54) is 114 Å². The molecule has 6 unspecified atom stereocenters. The largest absolute Gasteiger partial charge is 0.311 e. The maximum absolute atomic E-state index is 2.74. The van der Waals surface area contributed by atoms with Crippen LogP contribution in [0.4, 0.5) is 34.1 Å². The molecule has 6 atom stereocenters. The number of rotatable bonds is 4. The van der Waals surface area contributed by atoms with E-state index in [1.54, 1.807) is 11.1 Å². The molecule has 13 rings (SSSR count). The van der Waals surface area contributed by atoms with Gasteiger partial charge in [-0.1, -0.05) is 152 Å². The lowest BCUT2D eigenvalue weighted by Gasteiger charge is -2.70. The molecule has 4 aliphatic carbocycles. The van der Waals surface area contributed by atoms with Gasteiger partial charge in [0.1, 0.15) is 0 Å². The van der Waals surface area contributed by atoms with Gasteiger partial charge in [0.05, 0.1) is 5.69 Å². The molecular formula is C63H63BN2. The molecule has 2 heterocycles. The number of anilines is 6. The average molecular weight is 859 g/mol. The molecule has 7 aromatic rings. The Kier molecular flexibility index (Phi) is 8.51. The van der Waals surface area contributed by atoms with Gasteiger partial charge in [-0.2, -0.15) is 0 Å². The zero-order valence-electron chi connectivity index (χ0n) is 40.5. The summed E-state index contributed by atoms with van der Waals surface area (Å²) in [6.07, 6.45) is 5.13. The molecule has 66 heavy (non-hydrogen) atoms. The Bertz CT molecular complexity index is 3150. The van der Waals surface area contributed by atoms with Crippen molar-refractivity contribution in [2.24, 2.45) is 29.6 Å². The van der Waals surface area contributed by atoms with Crippen LogP contribution in [0.1, 0.15) is 108 Å². The molecule has 2 aliphatic heterocycles. The summed E-state index contributed by atoms with van der Waals surface area (Å²) in [6.45, 7) is 21.4. The molecule has 2 nitrogen and oxygen atoms in total. The number of hydrogen-bond acceptors (Lipinski definition) is 2. The fourth-order valence-corrected chi connectivity index (χ4v) is 14.8. The average Bonchev–Trinajstić information content (AvgIpc) is 3.59. The van der Waals surface area contributed by atoms with Crippen LogP contribution in [0.5, 0.6) is 0 Å². The van der Waals surface area contributed by atoms with Crippen molar-refractivity contribution in [3.63, 3.8) is 0 Å². The Hall–Kier alpha value is -5.80. The van der Waals surface area contributed by atoms with E-state index in [9.17, 15) is 0 Å². The molecule has 0 N–H and O–H groups in total. The molecule has 3 fully saturated rings. The number of aryl methyl sites for hydroxylation is 2. The standard InChI is InChI=1S/C63H63BN2/c1-10-39-20-27-53-50(33-39)64-51-36-44(62(7,8)9)23-28-52(51)65(45-24-21-43(22-25-45)61(4,5)6)55-30-37(2)31-56(60(55)64)66(53)54-29-26-47-46-18-14-15-19-48(46)63(59(47)58(54)40-16-12-11-13-17-40)38(3)32-41-34-42-35-49(63)57(41)42/h11-31,33,36,38,41-42,49,57H,10,32,34-35H2,1-9H3. The van der Waals surface area contributed by atoms with Crippen LogP contribution in [0.3, 0.4) is 0 Å². The summed E-state index contributed by atoms with van der Waals surface area (Å²) in [6, 6.07) is 55.5. The topological polar surface area (TPSA) is 6.48 Å². The highest BCUT2D eigenvalue weighted by Gasteiger charge is 2.68. The Morgan fingerprint density at radius 2 is 1.23 bits per heavy atom. The predicted octanol–water partition coefficient (Wildman–Crippen LogP) is 14.5. The van der Waals surface area contributed by atoms with E-state index in [4.69, 9.17) is 0 Å². The summed E-state index contributed by atoms with van der Waals surface area (Å²) < 4.78 is 0. The van der Waals surface area contributed by atoms with E-state index >= 15 is 0 Å². The van der Waals surface area contributed by atoms with Crippen molar-refractivity contribution >= 4 is 57.2 Å². The normalized spacial score (nSPS) is 23.8. The first-order valence-corrected chi connectivity index (χ1v) is 25.2. The molecule has 0 saturated heterocycles. The van der Waals surface area contributed by atoms with Crippen LogP contribution in [0, 0.1) is 36.5 Å². The van der Waals surface area contributed by atoms with Crippen LogP contribution < -0.4 is 26.2 Å². The molecule has 7 aromatic carbocycles. The zero-order valence-corrected chi connectivity index (χ0v) is 40.5. The molecule has 3 saturated carbocycles. The lowest BCUT2D eigenvalue weighted by molar-refractivity contribution is -0.168. The van der Waals surface area contributed by atoms with E-state index in [1.807, 2.05) is 0 Å². The minimum Gasteiger partial charge on any atom is -0.311 e. The first kappa shape index (κ1) is 40.5. The van der Waals surface area contributed by atoms with E-state index in [0.717, 1.165) is 24.2 Å². The van der Waals surface area contributed by atoms with Gasteiger partial charge >= 0.3 is 0 Å². The van der Waals surface area contributed by atoms with Gasteiger partial charge in [0, 0.05) is 39.4 Å². The molecule has 328 valence electrons. The summed E-state index contributed by atoms with van der Waals surface area (Å²) in [7, 11) is 0. The molecule has 0 radical (unpaired) electrons. The molecular weight excluding hydrogens is 796 g/mol. The number of fused-ring (bicyclic) bond motifs is 10. The summed E-state index contributed by atoms with van der Waals surface area (Å²) in [5.74, 6) is 3.88. The van der Waals surface area contributed by atoms with Gasteiger partial charge in [-0.05, 0) is 182 Å². The highest BCUT2D eigenvalue weighted by Crippen LogP contribution is 2.75. The van der Waals surface area contributed by atoms with Crippen molar-refractivity contribution in [1.82, 2.24) is 0 Å². The highest BCUT2D eigenvalue weighted by atomic mass is 15.2. The summed E-state index contributed by atoms with van der Waals surface area (Å²) in [4.78, 5) is 5.33. The molecule has 1 spiro atoms. The summed E-state index contributed by atoms with van der Waals surface area (Å²) in [5.41, 5.74) is 26.2. The van der Waals surface area contributed by atoms with Crippen molar-refractivity contribution < 1.29 is 0 Å². The fraction of sp³-hybridized carbons (Fsp3) is 0.333. The first-order valence-electron chi connectivity index (χ1n) is 25.2. The third kappa shape index (κ3) is 5.38. The van der Waals surface area contributed by atoms with Crippen molar-refractivity contribution in [2.45, 2.75) is 104 Å². The second-order valence-electron chi connectivity index (χ2n) is 23.4. The zero-order chi connectivity index (χ0) is 45.2. The van der Waals surface area contributed by atoms with Crippen LogP contribution in [-0.2, 0) is 22.7 Å².